The van der Waals surface area contributed by atoms with E-state index in [2.05, 4.69) is 4.98 Å². The standard InChI is InChI=1S/C16H20N2O5/c1-11-12(6-5-9-17-11)15(20)22-10-23-16(21)18(2)13-7-3-4-8-14(13)19/h5-6,9,13H,3-4,7-8,10H2,1-2H3. The summed E-state index contributed by atoms with van der Waals surface area (Å²) in [5.41, 5.74) is 0.855. The molecule has 1 unspecified atom stereocenters. The molecule has 0 aromatic carbocycles. The van der Waals surface area contributed by atoms with E-state index in [-0.39, 0.29) is 5.78 Å². The first kappa shape index (κ1) is 16.9. The zero-order valence-corrected chi connectivity index (χ0v) is 13.3. The first-order chi connectivity index (χ1) is 11.0. The predicted molar refractivity (Wildman–Crippen MR) is 80.8 cm³/mol. The summed E-state index contributed by atoms with van der Waals surface area (Å²) in [6, 6.07) is 2.75. The molecule has 2 rings (SSSR count). The van der Waals surface area contributed by atoms with E-state index in [0.29, 0.717) is 24.1 Å². The molecule has 0 radical (unpaired) electrons. The molecule has 1 heterocycles. The van der Waals surface area contributed by atoms with Crippen LogP contribution in [-0.2, 0) is 14.3 Å². The lowest BCUT2D eigenvalue weighted by molar-refractivity contribution is -0.125. The average molecular weight is 320 g/mol. The van der Waals surface area contributed by atoms with Gasteiger partial charge in [0.2, 0.25) is 6.79 Å². The normalized spacial score (nSPS) is 17.5. The molecule has 0 spiro atoms. The van der Waals surface area contributed by atoms with Gasteiger partial charge in [-0.1, -0.05) is 6.42 Å². The van der Waals surface area contributed by atoms with Gasteiger partial charge in [0, 0.05) is 19.7 Å². The molecule has 0 bridgehead atoms. The van der Waals surface area contributed by atoms with E-state index in [0.717, 1.165) is 12.8 Å². The van der Waals surface area contributed by atoms with Crippen LogP contribution in [0, 0.1) is 6.92 Å². The van der Waals surface area contributed by atoms with Crippen molar-refractivity contribution in [1.82, 2.24) is 9.88 Å². The highest BCUT2D eigenvalue weighted by Crippen LogP contribution is 2.19. The van der Waals surface area contributed by atoms with Crippen molar-refractivity contribution in [3.05, 3.63) is 29.6 Å². The van der Waals surface area contributed by atoms with Crippen LogP contribution in [-0.4, -0.2) is 47.6 Å². The SMILES string of the molecule is Cc1ncccc1C(=O)OCOC(=O)N(C)C1CCCCC1=O. The number of rotatable bonds is 4. The van der Waals surface area contributed by atoms with Gasteiger partial charge in [0.25, 0.3) is 0 Å². The molecule has 1 amide bonds. The summed E-state index contributed by atoms with van der Waals surface area (Å²) in [5.74, 6) is -0.571. The molecule has 1 aromatic heterocycles. The molecule has 1 fully saturated rings. The second kappa shape index (κ2) is 7.71. The number of likely N-dealkylation sites (N-methyl/N-ethyl adjacent to an activating group) is 1. The first-order valence-electron chi connectivity index (χ1n) is 7.51. The molecule has 1 aliphatic carbocycles. The van der Waals surface area contributed by atoms with Crippen LogP contribution in [0.25, 0.3) is 0 Å². The van der Waals surface area contributed by atoms with Gasteiger partial charge in [-0.05, 0) is 31.9 Å². The minimum absolute atomic E-state index is 0.0404. The fourth-order valence-corrected chi connectivity index (χ4v) is 2.51. The zero-order valence-electron chi connectivity index (χ0n) is 13.3. The number of aryl methyl sites for hydroxylation is 1. The van der Waals surface area contributed by atoms with Crippen molar-refractivity contribution in [1.29, 1.82) is 0 Å². The highest BCUT2D eigenvalue weighted by Gasteiger charge is 2.29. The van der Waals surface area contributed by atoms with E-state index in [1.165, 1.54) is 11.9 Å². The maximum Gasteiger partial charge on any atom is 0.413 e. The maximum atomic E-state index is 11.9. The van der Waals surface area contributed by atoms with Gasteiger partial charge in [0.15, 0.2) is 5.78 Å². The summed E-state index contributed by atoms with van der Waals surface area (Å²) >= 11 is 0. The Morgan fingerprint density at radius 3 is 2.83 bits per heavy atom. The third-order valence-corrected chi connectivity index (χ3v) is 3.88. The van der Waals surface area contributed by atoms with Gasteiger partial charge in [-0.25, -0.2) is 9.59 Å². The molecule has 7 heteroatoms. The van der Waals surface area contributed by atoms with E-state index in [4.69, 9.17) is 9.47 Å². The fourth-order valence-electron chi connectivity index (χ4n) is 2.51. The van der Waals surface area contributed by atoms with Crippen LogP contribution in [0.4, 0.5) is 4.79 Å². The molecular weight excluding hydrogens is 300 g/mol. The third-order valence-electron chi connectivity index (χ3n) is 3.88. The summed E-state index contributed by atoms with van der Waals surface area (Å²) in [5, 5.41) is 0. The number of esters is 1. The number of carbonyl (C=O) groups is 3. The van der Waals surface area contributed by atoms with Crippen molar-refractivity contribution >= 4 is 17.8 Å². The Bertz CT molecular complexity index is 602. The Morgan fingerprint density at radius 2 is 2.13 bits per heavy atom. The minimum atomic E-state index is -0.680. The molecule has 0 N–H and O–H groups in total. The molecule has 1 aromatic rings. The monoisotopic (exact) mass is 320 g/mol. The Hall–Kier alpha value is -2.44. The maximum absolute atomic E-state index is 11.9. The molecule has 1 atom stereocenters. The fraction of sp³-hybridized carbons (Fsp3) is 0.500. The predicted octanol–water partition coefficient (Wildman–Crippen LogP) is 2.08. The van der Waals surface area contributed by atoms with Crippen LogP contribution in [0.15, 0.2) is 18.3 Å². The summed E-state index contributed by atoms with van der Waals surface area (Å²) < 4.78 is 9.82. The minimum Gasteiger partial charge on any atom is -0.424 e. The highest BCUT2D eigenvalue weighted by atomic mass is 16.7. The Labute approximate surface area is 134 Å². The van der Waals surface area contributed by atoms with Gasteiger partial charge in [-0.3, -0.25) is 9.78 Å². The van der Waals surface area contributed by atoms with Gasteiger partial charge in [-0.2, -0.15) is 0 Å². The summed E-state index contributed by atoms with van der Waals surface area (Å²) in [4.78, 5) is 40.8. The molecule has 0 saturated heterocycles. The second-order valence-corrected chi connectivity index (χ2v) is 5.44. The van der Waals surface area contributed by atoms with E-state index in [1.54, 1.807) is 25.3 Å². The van der Waals surface area contributed by atoms with E-state index in [1.807, 2.05) is 0 Å². The largest absolute Gasteiger partial charge is 0.424 e. The molecule has 0 aliphatic heterocycles. The molecule has 1 saturated carbocycles. The number of hydrogen-bond acceptors (Lipinski definition) is 6. The lowest BCUT2D eigenvalue weighted by Gasteiger charge is -2.29. The van der Waals surface area contributed by atoms with Gasteiger partial charge >= 0.3 is 12.1 Å². The Kier molecular flexibility index (Phi) is 5.67. The number of ketones is 1. The van der Waals surface area contributed by atoms with Crippen molar-refractivity contribution in [3.8, 4) is 0 Å². The van der Waals surface area contributed by atoms with Crippen molar-refractivity contribution < 1.29 is 23.9 Å². The Morgan fingerprint density at radius 1 is 1.35 bits per heavy atom. The number of hydrogen-bond donors (Lipinski definition) is 0. The number of ether oxygens (including phenoxy) is 2. The number of pyridine rings is 1. The van der Waals surface area contributed by atoms with Crippen LogP contribution in [0.2, 0.25) is 0 Å². The van der Waals surface area contributed by atoms with Crippen LogP contribution >= 0.6 is 0 Å². The number of carbonyl (C=O) groups excluding carboxylic acids is 3. The van der Waals surface area contributed by atoms with Crippen LogP contribution in [0.3, 0.4) is 0 Å². The first-order valence-corrected chi connectivity index (χ1v) is 7.51. The molecule has 1 aliphatic rings. The molecule has 23 heavy (non-hydrogen) atoms. The van der Waals surface area contributed by atoms with Crippen molar-refractivity contribution in [2.45, 2.75) is 38.6 Å². The van der Waals surface area contributed by atoms with Gasteiger partial charge in [-0.15, -0.1) is 0 Å². The van der Waals surface area contributed by atoms with E-state index in [9.17, 15) is 14.4 Å². The Balaban J connectivity index is 1.81. The van der Waals surface area contributed by atoms with Gasteiger partial charge in [0.05, 0.1) is 17.3 Å². The lowest BCUT2D eigenvalue weighted by Crippen LogP contribution is -2.44. The molecule has 7 nitrogen and oxygen atoms in total. The molecular formula is C16H20N2O5. The summed E-state index contributed by atoms with van der Waals surface area (Å²) in [7, 11) is 1.52. The number of aromatic nitrogens is 1. The van der Waals surface area contributed by atoms with Crippen LogP contribution in [0.1, 0.15) is 41.7 Å². The van der Waals surface area contributed by atoms with Crippen molar-refractivity contribution in [2.24, 2.45) is 0 Å². The molecule has 124 valence electrons. The quantitative estimate of drug-likeness (QED) is 0.623. The number of amides is 1. The highest BCUT2D eigenvalue weighted by molar-refractivity contribution is 5.90. The smallest absolute Gasteiger partial charge is 0.413 e. The van der Waals surface area contributed by atoms with Crippen molar-refractivity contribution in [2.75, 3.05) is 13.8 Å². The average Bonchev–Trinajstić information content (AvgIpc) is 2.54. The van der Waals surface area contributed by atoms with Crippen LogP contribution < -0.4 is 0 Å². The summed E-state index contributed by atoms with van der Waals surface area (Å²) in [6.07, 6.45) is 3.78. The summed E-state index contributed by atoms with van der Waals surface area (Å²) in [6.45, 7) is 1.18. The van der Waals surface area contributed by atoms with E-state index < -0.39 is 24.9 Å². The topological polar surface area (TPSA) is 85.8 Å². The van der Waals surface area contributed by atoms with E-state index >= 15 is 0 Å². The number of nitrogens with zero attached hydrogens (tertiary/aromatic N) is 2. The zero-order chi connectivity index (χ0) is 16.8. The van der Waals surface area contributed by atoms with Gasteiger partial charge < -0.3 is 14.4 Å². The third kappa shape index (κ3) is 4.28. The van der Waals surface area contributed by atoms with Crippen LogP contribution in [0.5, 0.6) is 0 Å². The second-order valence-electron chi connectivity index (χ2n) is 5.44. The lowest BCUT2D eigenvalue weighted by atomic mass is 9.93. The van der Waals surface area contributed by atoms with Gasteiger partial charge in [0.1, 0.15) is 0 Å². The number of Topliss-reactive ketones (excluding diaryl/α,β-unsaturated/α-hetero) is 1. The van der Waals surface area contributed by atoms with Crippen molar-refractivity contribution in [3.63, 3.8) is 0 Å².